The summed E-state index contributed by atoms with van der Waals surface area (Å²) in [4.78, 5) is 10.1. The van der Waals surface area contributed by atoms with Gasteiger partial charge in [-0.25, -0.2) is 0 Å². The van der Waals surface area contributed by atoms with Gasteiger partial charge in [-0.1, -0.05) is 19.3 Å². The quantitative estimate of drug-likeness (QED) is 0.329. The average molecular weight is 506 g/mol. The number of nitrogens with zero attached hydrogens (tertiary/aromatic N) is 3. The van der Waals surface area contributed by atoms with Crippen molar-refractivity contribution in [3.63, 3.8) is 0 Å². The lowest BCUT2D eigenvalue weighted by atomic mass is 9.88. The van der Waals surface area contributed by atoms with Crippen LogP contribution in [0.25, 0.3) is 0 Å². The van der Waals surface area contributed by atoms with E-state index in [0.717, 1.165) is 30.9 Å². The van der Waals surface area contributed by atoms with E-state index in [1.54, 1.807) is 0 Å². The van der Waals surface area contributed by atoms with Crippen molar-refractivity contribution in [2.45, 2.75) is 70.8 Å². The third kappa shape index (κ3) is 8.34. The third-order valence-electron chi connectivity index (χ3n) is 6.74. The SMILES string of the molecule is CCNC(=NCC1CCCN(C)C1)NC1CCN(CC2CCCCC2)CC1.I. The molecule has 3 aliphatic rings. The van der Waals surface area contributed by atoms with Crippen molar-refractivity contribution < 1.29 is 0 Å². The molecular weight excluding hydrogens is 461 g/mol. The molecule has 0 aromatic heterocycles. The highest BCUT2D eigenvalue weighted by atomic mass is 127. The van der Waals surface area contributed by atoms with E-state index in [1.807, 2.05) is 0 Å². The van der Waals surface area contributed by atoms with Gasteiger partial charge in [0.2, 0.25) is 0 Å². The van der Waals surface area contributed by atoms with E-state index in [-0.39, 0.29) is 24.0 Å². The average Bonchev–Trinajstić information content (AvgIpc) is 2.69. The number of aliphatic imine (C=N–C) groups is 1. The van der Waals surface area contributed by atoms with Gasteiger partial charge in [0.25, 0.3) is 0 Å². The van der Waals surface area contributed by atoms with Crippen molar-refractivity contribution in [1.82, 2.24) is 20.4 Å². The number of hydrogen-bond acceptors (Lipinski definition) is 3. The summed E-state index contributed by atoms with van der Waals surface area (Å²) in [7, 11) is 2.24. The zero-order valence-electron chi connectivity index (χ0n) is 18.3. The minimum atomic E-state index is 0. The smallest absolute Gasteiger partial charge is 0.191 e. The van der Waals surface area contributed by atoms with Gasteiger partial charge < -0.3 is 20.4 Å². The maximum absolute atomic E-state index is 4.93. The molecule has 1 saturated carbocycles. The second-order valence-corrected chi connectivity index (χ2v) is 9.21. The fraction of sp³-hybridized carbons (Fsp3) is 0.955. The van der Waals surface area contributed by atoms with E-state index in [1.165, 1.54) is 90.5 Å². The van der Waals surface area contributed by atoms with E-state index in [2.05, 4.69) is 34.4 Å². The molecule has 3 fully saturated rings. The van der Waals surface area contributed by atoms with Gasteiger partial charge in [0, 0.05) is 45.3 Å². The number of hydrogen-bond donors (Lipinski definition) is 2. The van der Waals surface area contributed by atoms with Crippen LogP contribution in [0.4, 0.5) is 0 Å². The van der Waals surface area contributed by atoms with E-state index >= 15 is 0 Å². The lowest BCUT2D eigenvalue weighted by molar-refractivity contribution is 0.160. The monoisotopic (exact) mass is 505 g/mol. The summed E-state index contributed by atoms with van der Waals surface area (Å²) in [6.45, 7) is 10.4. The van der Waals surface area contributed by atoms with Gasteiger partial charge in [0.15, 0.2) is 5.96 Å². The molecule has 2 heterocycles. The minimum Gasteiger partial charge on any atom is -0.357 e. The molecule has 1 unspecified atom stereocenters. The maximum Gasteiger partial charge on any atom is 0.191 e. The second kappa shape index (κ2) is 13.3. The van der Waals surface area contributed by atoms with Gasteiger partial charge in [-0.15, -0.1) is 24.0 Å². The summed E-state index contributed by atoms with van der Waals surface area (Å²) in [6, 6.07) is 0.583. The Labute approximate surface area is 190 Å². The molecule has 0 aromatic carbocycles. The second-order valence-electron chi connectivity index (χ2n) is 9.21. The lowest BCUT2D eigenvalue weighted by Gasteiger charge is -2.36. The molecule has 1 aliphatic carbocycles. The highest BCUT2D eigenvalue weighted by molar-refractivity contribution is 14.0. The Morgan fingerprint density at radius 2 is 1.64 bits per heavy atom. The number of rotatable bonds is 6. The van der Waals surface area contributed by atoms with Crippen LogP contribution < -0.4 is 10.6 Å². The zero-order chi connectivity index (χ0) is 18.9. The molecule has 1 atom stereocenters. The van der Waals surface area contributed by atoms with E-state index in [0.29, 0.717) is 6.04 Å². The van der Waals surface area contributed by atoms with Crippen LogP contribution in [0.3, 0.4) is 0 Å². The van der Waals surface area contributed by atoms with Gasteiger partial charge in [-0.05, 0) is 70.9 Å². The van der Waals surface area contributed by atoms with Crippen LogP contribution in [0.1, 0.15) is 64.7 Å². The highest BCUT2D eigenvalue weighted by Gasteiger charge is 2.23. The Morgan fingerprint density at radius 3 is 2.32 bits per heavy atom. The normalized spacial score (nSPS) is 26.6. The van der Waals surface area contributed by atoms with Crippen molar-refractivity contribution in [2.24, 2.45) is 16.8 Å². The van der Waals surface area contributed by atoms with Crippen molar-refractivity contribution in [1.29, 1.82) is 0 Å². The fourth-order valence-electron chi connectivity index (χ4n) is 5.15. The summed E-state index contributed by atoms with van der Waals surface area (Å²) < 4.78 is 0. The number of piperidine rings is 2. The third-order valence-corrected chi connectivity index (χ3v) is 6.74. The predicted molar refractivity (Wildman–Crippen MR) is 131 cm³/mol. The Kier molecular flexibility index (Phi) is 11.5. The molecule has 5 nitrogen and oxygen atoms in total. The van der Waals surface area contributed by atoms with E-state index in [4.69, 9.17) is 4.99 Å². The van der Waals surface area contributed by atoms with Crippen LogP contribution in [-0.2, 0) is 0 Å². The van der Waals surface area contributed by atoms with Crippen LogP contribution >= 0.6 is 24.0 Å². The first-order valence-corrected chi connectivity index (χ1v) is 11.7. The molecule has 0 radical (unpaired) electrons. The summed E-state index contributed by atoms with van der Waals surface area (Å²) in [5.74, 6) is 2.73. The van der Waals surface area contributed by atoms with Crippen LogP contribution in [0, 0.1) is 11.8 Å². The van der Waals surface area contributed by atoms with Gasteiger partial charge >= 0.3 is 0 Å². The molecule has 0 amide bonds. The van der Waals surface area contributed by atoms with Crippen molar-refractivity contribution in [3.8, 4) is 0 Å². The van der Waals surface area contributed by atoms with E-state index < -0.39 is 0 Å². The van der Waals surface area contributed by atoms with Crippen LogP contribution in [0.2, 0.25) is 0 Å². The van der Waals surface area contributed by atoms with Gasteiger partial charge in [-0.2, -0.15) is 0 Å². The van der Waals surface area contributed by atoms with Gasteiger partial charge in [-0.3, -0.25) is 4.99 Å². The van der Waals surface area contributed by atoms with Crippen molar-refractivity contribution in [3.05, 3.63) is 0 Å². The molecule has 3 rings (SSSR count). The lowest BCUT2D eigenvalue weighted by Crippen LogP contribution is -2.49. The Morgan fingerprint density at radius 1 is 0.929 bits per heavy atom. The first kappa shape index (κ1) is 24.2. The first-order chi connectivity index (χ1) is 13.2. The topological polar surface area (TPSA) is 42.9 Å². The van der Waals surface area contributed by atoms with Crippen molar-refractivity contribution in [2.75, 3.05) is 52.9 Å². The molecule has 164 valence electrons. The van der Waals surface area contributed by atoms with Crippen LogP contribution in [0.15, 0.2) is 4.99 Å². The molecular formula is C22H44IN5. The highest BCUT2D eigenvalue weighted by Crippen LogP contribution is 2.25. The van der Waals surface area contributed by atoms with Gasteiger partial charge in [0.05, 0.1) is 0 Å². The van der Waals surface area contributed by atoms with Crippen molar-refractivity contribution >= 4 is 29.9 Å². The largest absolute Gasteiger partial charge is 0.357 e. The molecule has 2 saturated heterocycles. The molecule has 0 bridgehead atoms. The zero-order valence-corrected chi connectivity index (χ0v) is 20.6. The Balaban J connectivity index is 0.00000280. The number of likely N-dealkylation sites (tertiary alicyclic amines) is 2. The minimum absolute atomic E-state index is 0. The molecule has 28 heavy (non-hydrogen) atoms. The molecule has 2 aliphatic heterocycles. The summed E-state index contributed by atoms with van der Waals surface area (Å²) in [6.07, 6.45) is 12.5. The molecule has 0 spiro atoms. The summed E-state index contributed by atoms with van der Waals surface area (Å²) in [5, 5.41) is 7.20. The molecule has 0 aromatic rings. The van der Waals surface area contributed by atoms with Gasteiger partial charge in [0.1, 0.15) is 0 Å². The Bertz CT molecular complexity index is 444. The number of nitrogens with one attached hydrogen (secondary N) is 2. The van der Waals surface area contributed by atoms with E-state index in [9.17, 15) is 0 Å². The maximum atomic E-state index is 4.93. The first-order valence-electron chi connectivity index (χ1n) is 11.7. The number of halogens is 1. The summed E-state index contributed by atoms with van der Waals surface area (Å²) >= 11 is 0. The number of guanidine groups is 1. The summed E-state index contributed by atoms with van der Waals surface area (Å²) in [5.41, 5.74) is 0. The molecule has 2 N–H and O–H groups in total. The van der Waals surface area contributed by atoms with Crippen LogP contribution in [0.5, 0.6) is 0 Å². The standard InChI is InChI=1S/C22H43N5.HI/c1-3-23-22(24-16-20-10-7-13-26(2)17-20)25-21-11-14-27(15-12-21)18-19-8-5-4-6-9-19;/h19-21H,3-18H2,1-2H3,(H2,23,24,25);1H. The fourth-order valence-corrected chi connectivity index (χ4v) is 5.15. The Hall–Kier alpha value is -0.0800. The predicted octanol–water partition coefficient (Wildman–Crippen LogP) is 3.55. The molecule has 6 heteroatoms. The van der Waals surface area contributed by atoms with Crippen LogP contribution in [-0.4, -0.2) is 74.7 Å².